The predicted octanol–water partition coefficient (Wildman–Crippen LogP) is 2.14. The van der Waals surface area contributed by atoms with Crippen molar-refractivity contribution in [2.45, 2.75) is 52.7 Å². The van der Waals surface area contributed by atoms with Gasteiger partial charge < -0.3 is 14.8 Å². The van der Waals surface area contributed by atoms with E-state index in [1.807, 2.05) is 13.8 Å². The highest BCUT2D eigenvalue weighted by atomic mass is 16.6. The van der Waals surface area contributed by atoms with Crippen LogP contribution in [0.1, 0.15) is 41.0 Å². The van der Waals surface area contributed by atoms with Gasteiger partial charge in [0, 0.05) is 18.9 Å². The number of carbonyl (C=O) groups is 2. The molecule has 1 fully saturated rings. The van der Waals surface area contributed by atoms with E-state index in [1.54, 1.807) is 20.8 Å². The first-order valence-corrected chi connectivity index (χ1v) is 6.79. The number of carbonyl (C=O) groups excluding carboxylic acids is 2. The third-order valence-electron chi connectivity index (χ3n) is 3.23. The monoisotopic (exact) mass is 271 g/mol. The maximum absolute atomic E-state index is 12.0. The number of Topliss-reactive ketones (excluding diaryl/α,β-unsaturated/α-hetero) is 1. The van der Waals surface area contributed by atoms with Gasteiger partial charge in [0.15, 0.2) is 0 Å². The molecule has 0 bridgehead atoms. The van der Waals surface area contributed by atoms with Gasteiger partial charge in [-0.05, 0) is 26.7 Å². The van der Waals surface area contributed by atoms with Crippen LogP contribution >= 0.6 is 0 Å². The van der Waals surface area contributed by atoms with E-state index in [2.05, 4.69) is 5.32 Å². The topological polar surface area (TPSA) is 64.6 Å². The van der Waals surface area contributed by atoms with Crippen molar-refractivity contribution in [2.24, 2.45) is 11.8 Å². The number of nitrogens with one attached hydrogen (secondary N) is 1. The maximum atomic E-state index is 12.0. The van der Waals surface area contributed by atoms with Gasteiger partial charge in [0.1, 0.15) is 11.4 Å². The molecule has 0 saturated carbocycles. The van der Waals surface area contributed by atoms with Gasteiger partial charge in [-0.3, -0.25) is 4.79 Å². The Hall–Kier alpha value is -1.10. The zero-order valence-corrected chi connectivity index (χ0v) is 12.5. The number of rotatable bonds is 1. The summed E-state index contributed by atoms with van der Waals surface area (Å²) in [5, 5.41) is 2.70. The number of amides is 1. The van der Waals surface area contributed by atoms with Crippen LogP contribution in [0.15, 0.2) is 0 Å². The van der Waals surface area contributed by atoms with E-state index < -0.39 is 11.7 Å². The lowest BCUT2D eigenvalue weighted by Crippen LogP contribution is -2.45. The highest BCUT2D eigenvalue weighted by Crippen LogP contribution is 2.18. The normalized spacial score (nSPS) is 29.3. The highest BCUT2D eigenvalue weighted by molar-refractivity contribution is 5.82. The number of hydrogen-bond acceptors (Lipinski definition) is 4. The fraction of sp³-hybridized carbons (Fsp3) is 0.857. The molecule has 0 aromatic heterocycles. The predicted molar refractivity (Wildman–Crippen MR) is 71.9 cm³/mol. The summed E-state index contributed by atoms with van der Waals surface area (Å²) in [5.74, 6) is 0.343. The van der Waals surface area contributed by atoms with Gasteiger partial charge >= 0.3 is 6.09 Å². The van der Waals surface area contributed by atoms with Crippen molar-refractivity contribution in [2.75, 3.05) is 13.2 Å². The Balaban J connectivity index is 2.54. The minimum atomic E-state index is -0.543. The molecule has 1 amide bonds. The first-order chi connectivity index (χ1) is 8.69. The molecule has 19 heavy (non-hydrogen) atoms. The van der Waals surface area contributed by atoms with Gasteiger partial charge in [-0.2, -0.15) is 0 Å². The third kappa shape index (κ3) is 5.59. The number of hydrogen-bond donors (Lipinski definition) is 1. The Morgan fingerprint density at radius 3 is 2.53 bits per heavy atom. The summed E-state index contributed by atoms with van der Waals surface area (Å²) >= 11 is 0. The first kappa shape index (κ1) is 16.0. The van der Waals surface area contributed by atoms with E-state index in [1.165, 1.54) is 0 Å². The van der Waals surface area contributed by atoms with Crippen molar-refractivity contribution < 1.29 is 19.1 Å². The molecule has 110 valence electrons. The van der Waals surface area contributed by atoms with Crippen LogP contribution in [0, 0.1) is 11.8 Å². The summed E-state index contributed by atoms with van der Waals surface area (Å²) in [4.78, 5) is 23.7. The SMILES string of the molecule is C[C@@H]1C(=O)CC(NC(=O)OC(C)(C)C)COC[C@@H]1C. The molecule has 0 aromatic carbocycles. The summed E-state index contributed by atoms with van der Waals surface area (Å²) in [6.45, 7) is 10.2. The van der Waals surface area contributed by atoms with Crippen LogP contribution in [0.5, 0.6) is 0 Å². The fourth-order valence-corrected chi connectivity index (χ4v) is 1.91. The van der Waals surface area contributed by atoms with Crippen molar-refractivity contribution >= 4 is 11.9 Å². The molecule has 5 nitrogen and oxygen atoms in total. The number of alkyl carbamates (subject to hydrolysis) is 1. The average molecular weight is 271 g/mol. The largest absolute Gasteiger partial charge is 0.444 e. The van der Waals surface area contributed by atoms with E-state index in [9.17, 15) is 9.59 Å². The molecular weight excluding hydrogens is 246 g/mol. The van der Waals surface area contributed by atoms with Crippen LogP contribution in [-0.2, 0) is 14.3 Å². The van der Waals surface area contributed by atoms with Crippen molar-refractivity contribution in [1.29, 1.82) is 0 Å². The summed E-state index contributed by atoms with van der Waals surface area (Å²) in [7, 11) is 0. The third-order valence-corrected chi connectivity index (χ3v) is 3.23. The second kappa shape index (κ2) is 6.37. The van der Waals surface area contributed by atoms with Crippen molar-refractivity contribution in [1.82, 2.24) is 5.32 Å². The first-order valence-electron chi connectivity index (χ1n) is 6.79. The molecule has 1 rings (SSSR count). The van der Waals surface area contributed by atoms with Gasteiger partial charge in [-0.1, -0.05) is 13.8 Å². The van der Waals surface area contributed by atoms with E-state index in [4.69, 9.17) is 9.47 Å². The van der Waals surface area contributed by atoms with Gasteiger partial charge in [0.25, 0.3) is 0 Å². The molecule has 3 atom stereocenters. The lowest BCUT2D eigenvalue weighted by atomic mass is 9.88. The Labute approximate surface area is 115 Å². The lowest BCUT2D eigenvalue weighted by molar-refractivity contribution is -0.127. The Morgan fingerprint density at radius 1 is 1.32 bits per heavy atom. The molecule has 1 N–H and O–H groups in total. The van der Waals surface area contributed by atoms with Crippen LogP contribution in [0.4, 0.5) is 4.79 Å². The standard InChI is InChI=1S/C14H25NO4/c1-9-7-18-8-11(6-12(16)10(9)2)15-13(17)19-14(3,4)5/h9-11H,6-8H2,1-5H3,(H,15,17)/t9-,10-,11?/m0/s1. The van der Waals surface area contributed by atoms with E-state index >= 15 is 0 Å². The molecule has 0 spiro atoms. The zero-order chi connectivity index (χ0) is 14.6. The molecule has 0 aromatic rings. The van der Waals surface area contributed by atoms with E-state index in [0.717, 1.165) is 0 Å². The van der Waals surface area contributed by atoms with Gasteiger partial charge in [0.2, 0.25) is 0 Å². The molecular formula is C14H25NO4. The van der Waals surface area contributed by atoms with Crippen molar-refractivity contribution in [3.8, 4) is 0 Å². The number of ketones is 1. The maximum Gasteiger partial charge on any atom is 0.407 e. The fourth-order valence-electron chi connectivity index (χ4n) is 1.91. The lowest BCUT2D eigenvalue weighted by Gasteiger charge is -2.28. The molecule has 1 unspecified atom stereocenters. The number of ether oxygens (including phenoxy) is 2. The van der Waals surface area contributed by atoms with Crippen LogP contribution in [0.2, 0.25) is 0 Å². The van der Waals surface area contributed by atoms with Gasteiger partial charge in [0.05, 0.1) is 12.6 Å². The summed E-state index contributed by atoms with van der Waals surface area (Å²) in [6, 6.07) is -0.308. The second-order valence-electron chi connectivity index (χ2n) is 6.32. The molecule has 0 radical (unpaired) electrons. The Bertz CT molecular complexity index is 335. The second-order valence-corrected chi connectivity index (χ2v) is 6.32. The van der Waals surface area contributed by atoms with Gasteiger partial charge in [-0.25, -0.2) is 4.79 Å². The van der Waals surface area contributed by atoms with Crippen LogP contribution in [-0.4, -0.2) is 36.7 Å². The smallest absolute Gasteiger partial charge is 0.407 e. The molecule has 1 saturated heterocycles. The van der Waals surface area contributed by atoms with Crippen LogP contribution in [0.3, 0.4) is 0 Å². The van der Waals surface area contributed by atoms with Crippen molar-refractivity contribution in [3.63, 3.8) is 0 Å². The molecule has 0 aliphatic carbocycles. The summed E-state index contributed by atoms with van der Waals surface area (Å²) in [5.41, 5.74) is -0.543. The zero-order valence-electron chi connectivity index (χ0n) is 12.5. The van der Waals surface area contributed by atoms with E-state index in [-0.39, 0.29) is 23.7 Å². The highest BCUT2D eigenvalue weighted by Gasteiger charge is 2.28. The Morgan fingerprint density at radius 2 is 1.95 bits per heavy atom. The quantitative estimate of drug-likeness (QED) is 0.793. The van der Waals surface area contributed by atoms with E-state index in [0.29, 0.717) is 19.6 Å². The molecule has 1 aliphatic rings. The van der Waals surface area contributed by atoms with Gasteiger partial charge in [-0.15, -0.1) is 0 Å². The minimum absolute atomic E-state index is 0.0387. The molecule has 1 heterocycles. The van der Waals surface area contributed by atoms with Crippen molar-refractivity contribution in [3.05, 3.63) is 0 Å². The minimum Gasteiger partial charge on any atom is -0.444 e. The summed E-state index contributed by atoms with van der Waals surface area (Å²) in [6.07, 6.45) is -0.208. The molecule has 5 heteroatoms. The summed E-state index contributed by atoms with van der Waals surface area (Å²) < 4.78 is 10.7. The average Bonchev–Trinajstić information content (AvgIpc) is 2.23. The Kier molecular flexibility index (Phi) is 5.35. The van der Waals surface area contributed by atoms with Crippen LogP contribution in [0.25, 0.3) is 0 Å². The van der Waals surface area contributed by atoms with Crippen LogP contribution < -0.4 is 5.32 Å². The molecule has 1 aliphatic heterocycles.